The van der Waals surface area contributed by atoms with Gasteiger partial charge in [0.15, 0.2) is 4.80 Å². The first-order chi connectivity index (χ1) is 13.0. The van der Waals surface area contributed by atoms with Crippen LogP contribution in [0.3, 0.4) is 0 Å². The Morgan fingerprint density at radius 1 is 1.15 bits per heavy atom. The summed E-state index contributed by atoms with van der Waals surface area (Å²) in [5.41, 5.74) is 2.29. The molecule has 0 atom stereocenters. The van der Waals surface area contributed by atoms with Crippen LogP contribution in [0.2, 0.25) is 0 Å². The van der Waals surface area contributed by atoms with Crippen molar-refractivity contribution in [2.75, 3.05) is 14.2 Å². The van der Waals surface area contributed by atoms with Gasteiger partial charge in [-0.15, -0.1) is 0 Å². The highest BCUT2D eigenvalue weighted by Gasteiger charge is 2.13. The number of thiazole rings is 1. The van der Waals surface area contributed by atoms with Crippen molar-refractivity contribution >= 4 is 33.4 Å². The van der Waals surface area contributed by atoms with Crippen molar-refractivity contribution in [3.8, 4) is 5.75 Å². The van der Waals surface area contributed by atoms with Crippen LogP contribution in [0.25, 0.3) is 10.2 Å². The van der Waals surface area contributed by atoms with Gasteiger partial charge in [0.05, 0.1) is 30.9 Å². The number of benzene rings is 2. The van der Waals surface area contributed by atoms with Gasteiger partial charge in [-0.05, 0) is 30.7 Å². The molecular formula is C20H20N2O4S. The van der Waals surface area contributed by atoms with E-state index in [4.69, 9.17) is 9.47 Å². The second-order valence-corrected chi connectivity index (χ2v) is 6.94. The number of esters is 1. The number of nitrogens with zero attached hydrogens (tertiary/aromatic N) is 2. The first-order valence-corrected chi connectivity index (χ1v) is 9.24. The fraction of sp³-hybridized carbons (Fsp3) is 0.250. The summed E-state index contributed by atoms with van der Waals surface area (Å²) in [4.78, 5) is 29.2. The Balaban J connectivity index is 2.11. The Hall–Kier alpha value is -2.93. The number of carbonyl (C=O) groups excluding carboxylic acids is 2. The first-order valence-electron chi connectivity index (χ1n) is 8.42. The van der Waals surface area contributed by atoms with E-state index in [0.717, 1.165) is 15.8 Å². The van der Waals surface area contributed by atoms with Gasteiger partial charge in [0, 0.05) is 18.2 Å². The van der Waals surface area contributed by atoms with Crippen LogP contribution in [-0.2, 0) is 16.1 Å². The molecule has 0 aliphatic carbocycles. The highest BCUT2D eigenvalue weighted by molar-refractivity contribution is 7.16. The van der Waals surface area contributed by atoms with Gasteiger partial charge in [-0.1, -0.05) is 29.5 Å². The van der Waals surface area contributed by atoms with E-state index in [1.807, 2.05) is 47.9 Å². The van der Waals surface area contributed by atoms with Crippen molar-refractivity contribution in [3.63, 3.8) is 0 Å². The van der Waals surface area contributed by atoms with E-state index < -0.39 is 0 Å². The second-order valence-electron chi connectivity index (χ2n) is 5.93. The monoisotopic (exact) mass is 384 g/mol. The van der Waals surface area contributed by atoms with E-state index in [0.29, 0.717) is 22.7 Å². The number of rotatable bonds is 5. The minimum atomic E-state index is -0.319. The third-order valence-corrected chi connectivity index (χ3v) is 5.29. The highest BCUT2D eigenvalue weighted by atomic mass is 32.1. The van der Waals surface area contributed by atoms with E-state index in [-0.39, 0.29) is 18.3 Å². The lowest BCUT2D eigenvalue weighted by atomic mass is 10.1. The summed E-state index contributed by atoms with van der Waals surface area (Å²) in [7, 11) is 2.95. The zero-order valence-electron chi connectivity index (χ0n) is 15.4. The van der Waals surface area contributed by atoms with Gasteiger partial charge in [-0.25, -0.2) is 0 Å². The smallest absolute Gasteiger partial charge is 0.307 e. The fourth-order valence-corrected chi connectivity index (χ4v) is 3.78. The molecule has 0 unspecified atom stereocenters. The van der Waals surface area contributed by atoms with Crippen molar-refractivity contribution in [2.24, 2.45) is 4.99 Å². The second kappa shape index (κ2) is 8.18. The maximum Gasteiger partial charge on any atom is 0.307 e. The summed E-state index contributed by atoms with van der Waals surface area (Å²) in [5, 5.41) is 0. The molecule has 3 rings (SSSR count). The van der Waals surface area contributed by atoms with E-state index in [1.54, 1.807) is 13.2 Å². The Labute approximate surface area is 160 Å². The third-order valence-electron chi connectivity index (χ3n) is 4.23. The molecule has 140 valence electrons. The van der Waals surface area contributed by atoms with Crippen LogP contribution in [0.15, 0.2) is 47.5 Å². The molecule has 1 heterocycles. The Morgan fingerprint density at radius 2 is 1.93 bits per heavy atom. The lowest BCUT2D eigenvalue weighted by Crippen LogP contribution is -2.19. The van der Waals surface area contributed by atoms with Crippen LogP contribution < -0.4 is 9.54 Å². The molecule has 1 amide bonds. The number of aryl methyl sites for hydroxylation is 2. The predicted octanol–water partition coefficient (Wildman–Crippen LogP) is 3.32. The van der Waals surface area contributed by atoms with Crippen LogP contribution in [0.1, 0.15) is 22.3 Å². The quantitative estimate of drug-likeness (QED) is 0.633. The lowest BCUT2D eigenvalue weighted by molar-refractivity contribution is -0.140. The van der Waals surface area contributed by atoms with Crippen molar-refractivity contribution in [3.05, 3.63) is 58.4 Å². The first kappa shape index (κ1) is 18.8. The van der Waals surface area contributed by atoms with Crippen LogP contribution in [0, 0.1) is 6.92 Å². The highest BCUT2D eigenvalue weighted by Crippen LogP contribution is 2.23. The van der Waals surface area contributed by atoms with Gasteiger partial charge in [0.25, 0.3) is 5.91 Å². The number of carbonyl (C=O) groups is 2. The molecule has 1 aromatic heterocycles. The zero-order valence-corrected chi connectivity index (χ0v) is 16.2. The van der Waals surface area contributed by atoms with Gasteiger partial charge in [-0.2, -0.15) is 4.99 Å². The number of ether oxygens (including phenoxy) is 2. The standard InChI is InChI=1S/C20H20N2O4S/c1-13-6-4-5-7-15(13)19(24)21-20-22(11-10-18(23)26-3)16-12-14(25-2)8-9-17(16)27-20/h4-9,12H,10-11H2,1-3H3. The maximum absolute atomic E-state index is 12.7. The summed E-state index contributed by atoms with van der Waals surface area (Å²) >= 11 is 1.40. The Kier molecular flexibility index (Phi) is 5.71. The Bertz CT molecular complexity index is 1070. The topological polar surface area (TPSA) is 69.9 Å². The predicted molar refractivity (Wildman–Crippen MR) is 104 cm³/mol. The summed E-state index contributed by atoms with van der Waals surface area (Å²) in [6.07, 6.45) is 0.186. The van der Waals surface area contributed by atoms with Crippen molar-refractivity contribution in [2.45, 2.75) is 19.9 Å². The molecule has 0 aliphatic heterocycles. The summed E-state index contributed by atoms with van der Waals surface area (Å²) in [6, 6.07) is 13.0. The van der Waals surface area contributed by atoms with Gasteiger partial charge >= 0.3 is 5.97 Å². The van der Waals surface area contributed by atoms with Gasteiger partial charge in [0.1, 0.15) is 5.75 Å². The third kappa shape index (κ3) is 4.09. The van der Waals surface area contributed by atoms with Crippen LogP contribution >= 0.6 is 11.3 Å². The minimum Gasteiger partial charge on any atom is -0.497 e. The lowest BCUT2D eigenvalue weighted by Gasteiger charge is -2.06. The molecule has 2 aromatic carbocycles. The van der Waals surface area contributed by atoms with Crippen LogP contribution in [0.4, 0.5) is 0 Å². The van der Waals surface area contributed by atoms with E-state index in [1.165, 1.54) is 18.4 Å². The van der Waals surface area contributed by atoms with E-state index >= 15 is 0 Å². The molecule has 0 aliphatic rings. The van der Waals surface area contributed by atoms with Gasteiger partial charge in [0.2, 0.25) is 0 Å². The molecule has 0 radical (unpaired) electrons. The number of fused-ring (bicyclic) bond motifs is 1. The Morgan fingerprint density at radius 3 is 2.63 bits per heavy atom. The summed E-state index contributed by atoms with van der Waals surface area (Å²) < 4.78 is 12.9. The maximum atomic E-state index is 12.7. The average molecular weight is 384 g/mol. The number of aromatic nitrogens is 1. The molecule has 3 aromatic rings. The number of hydrogen-bond donors (Lipinski definition) is 0. The molecule has 27 heavy (non-hydrogen) atoms. The molecule has 0 N–H and O–H groups in total. The molecule has 0 saturated heterocycles. The van der Waals surface area contributed by atoms with E-state index in [9.17, 15) is 9.59 Å². The summed E-state index contributed by atoms with van der Waals surface area (Å²) in [6.45, 7) is 2.24. The molecule has 0 saturated carbocycles. The molecule has 0 bridgehead atoms. The average Bonchev–Trinajstić information content (AvgIpc) is 3.02. The van der Waals surface area contributed by atoms with E-state index in [2.05, 4.69) is 4.99 Å². The molecule has 7 heteroatoms. The van der Waals surface area contributed by atoms with Crippen LogP contribution in [-0.4, -0.2) is 30.7 Å². The number of methoxy groups -OCH3 is 2. The number of hydrogen-bond acceptors (Lipinski definition) is 5. The summed E-state index contributed by atoms with van der Waals surface area (Å²) in [5.74, 6) is 0.0725. The van der Waals surface area contributed by atoms with Crippen LogP contribution in [0.5, 0.6) is 5.75 Å². The van der Waals surface area contributed by atoms with Crippen molar-refractivity contribution < 1.29 is 19.1 Å². The van der Waals surface area contributed by atoms with Gasteiger partial charge < -0.3 is 14.0 Å². The molecule has 6 nitrogen and oxygen atoms in total. The zero-order chi connectivity index (χ0) is 19.4. The normalized spacial score (nSPS) is 11.6. The molecular weight excluding hydrogens is 364 g/mol. The van der Waals surface area contributed by atoms with Gasteiger partial charge in [-0.3, -0.25) is 9.59 Å². The fourth-order valence-electron chi connectivity index (χ4n) is 2.74. The minimum absolute atomic E-state index is 0.186. The molecule has 0 spiro atoms. The SMILES string of the molecule is COC(=O)CCn1c(=NC(=O)c2ccccc2C)sc2ccc(OC)cc21. The van der Waals surface area contributed by atoms with Crippen molar-refractivity contribution in [1.29, 1.82) is 0 Å². The van der Waals surface area contributed by atoms with Crippen molar-refractivity contribution in [1.82, 2.24) is 4.57 Å². The largest absolute Gasteiger partial charge is 0.497 e. The number of amides is 1. The molecule has 0 fully saturated rings.